The zero-order chi connectivity index (χ0) is 20.3. The van der Waals surface area contributed by atoms with Crippen molar-refractivity contribution in [3.63, 3.8) is 0 Å². The van der Waals surface area contributed by atoms with Gasteiger partial charge in [0.25, 0.3) is 0 Å². The van der Waals surface area contributed by atoms with Crippen LogP contribution in [0.25, 0.3) is 10.9 Å². The predicted octanol–water partition coefficient (Wildman–Crippen LogP) is 5.06. The Morgan fingerprint density at radius 1 is 1.14 bits per heavy atom. The molecule has 1 N–H and O–H groups in total. The number of halogens is 1. The highest BCUT2D eigenvalue weighted by Crippen LogP contribution is 2.32. The number of nitrogens with one attached hydrogen (secondary N) is 1. The molecule has 0 amide bonds. The quantitative estimate of drug-likeness (QED) is 0.445. The molecule has 0 bridgehead atoms. The molecule has 146 valence electrons. The molecule has 0 aliphatic rings. The molecule has 0 atom stereocenters. The van der Waals surface area contributed by atoms with Crippen molar-refractivity contribution in [1.29, 1.82) is 0 Å². The molecule has 28 heavy (non-hydrogen) atoms. The first-order valence-electron chi connectivity index (χ1n) is 9.04. The number of Topliss-reactive ketones (excluding diaryl/α,β-unsaturated/α-hetero) is 1. The average molecular weight is 400 g/mol. The second-order valence-electron chi connectivity index (χ2n) is 6.91. The molecular formula is C22H22ClNO4. The van der Waals surface area contributed by atoms with Crippen LogP contribution in [-0.2, 0) is 9.53 Å². The van der Waals surface area contributed by atoms with E-state index in [9.17, 15) is 9.59 Å². The SMILES string of the molecule is Cc1cc(OCC(=O)OCC(=O)c2c[nH]c3ccccc23)c(C(C)C)cc1Cl. The number of aromatic amines is 1. The van der Waals surface area contributed by atoms with E-state index >= 15 is 0 Å². The Labute approximate surface area is 168 Å². The van der Waals surface area contributed by atoms with Gasteiger partial charge in [0.2, 0.25) is 5.78 Å². The maximum absolute atomic E-state index is 12.4. The van der Waals surface area contributed by atoms with Crippen molar-refractivity contribution >= 4 is 34.3 Å². The van der Waals surface area contributed by atoms with Crippen LogP contribution in [0, 0.1) is 6.92 Å². The third-order valence-electron chi connectivity index (χ3n) is 4.51. The fraction of sp³-hybridized carbons (Fsp3) is 0.273. The van der Waals surface area contributed by atoms with Crippen LogP contribution in [0.2, 0.25) is 5.02 Å². The van der Waals surface area contributed by atoms with E-state index < -0.39 is 5.97 Å². The molecule has 1 heterocycles. The molecule has 0 saturated carbocycles. The monoisotopic (exact) mass is 399 g/mol. The van der Waals surface area contributed by atoms with E-state index in [4.69, 9.17) is 21.1 Å². The van der Waals surface area contributed by atoms with Crippen molar-refractivity contribution in [1.82, 2.24) is 4.98 Å². The number of carbonyl (C=O) groups is 2. The lowest BCUT2D eigenvalue weighted by Crippen LogP contribution is -2.20. The van der Waals surface area contributed by atoms with Gasteiger partial charge in [-0.2, -0.15) is 0 Å². The molecule has 0 radical (unpaired) electrons. The second-order valence-corrected chi connectivity index (χ2v) is 7.32. The third-order valence-corrected chi connectivity index (χ3v) is 4.92. The Morgan fingerprint density at radius 2 is 1.89 bits per heavy atom. The minimum absolute atomic E-state index is 0.188. The lowest BCUT2D eigenvalue weighted by Gasteiger charge is -2.15. The Balaban J connectivity index is 1.59. The zero-order valence-corrected chi connectivity index (χ0v) is 16.8. The number of ether oxygens (including phenoxy) is 2. The maximum Gasteiger partial charge on any atom is 0.344 e. The maximum atomic E-state index is 12.4. The normalized spacial score (nSPS) is 11.0. The minimum atomic E-state index is -0.601. The summed E-state index contributed by atoms with van der Waals surface area (Å²) in [5, 5.41) is 1.46. The first kappa shape index (κ1) is 20.0. The van der Waals surface area contributed by atoms with Crippen LogP contribution in [0.15, 0.2) is 42.6 Å². The summed E-state index contributed by atoms with van der Waals surface area (Å²) in [4.78, 5) is 27.5. The molecule has 0 saturated heterocycles. The largest absolute Gasteiger partial charge is 0.482 e. The van der Waals surface area contributed by atoms with Gasteiger partial charge in [-0.3, -0.25) is 4.79 Å². The van der Waals surface area contributed by atoms with Gasteiger partial charge in [-0.15, -0.1) is 0 Å². The van der Waals surface area contributed by atoms with E-state index in [1.54, 1.807) is 6.20 Å². The summed E-state index contributed by atoms with van der Waals surface area (Å²) >= 11 is 6.18. The number of H-pyrrole nitrogens is 1. The number of hydrogen-bond acceptors (Lipinski definition) is 4. The zero-order valence-electron chi connectivity index (χ0n) is 16.0. The fourth-order valence-corrected chi connectivity index (χ4v) is 3.12. The number of rotatable bonds is 7. The Hall–Kier alpha value is -2.79. The summed E-state index contributed by atoms with van der Waals surface area (Å²) < 4.78 is 10.7. The molecule has 0 aliphatic carbocycles. The van der Waals surface area contributed by atoms with Gasteiger partial charge in [0, 0.05) is 27.7 Å². The van der Waals surface area contributed by atoms with Crippen LogP contribution in [0.3, 0.4) is 0 Å². The van der Waals surface area contributed by atoms with E-state index in [0.717, 1.165) is 22.0 Å². The first-order valence-corrected chi connectivity index (χ1v) is 9.42. The molecule has 3 aromatic rings. The number of para-hydroxylation sites is 1. The third kappa shape index (κ3) is 4.37. The molecule has 0 unspecified atom stereocenters. The molecule has 1 aromatic heterocycles. The predicted molar refractivity (Wildman–Crippen MR) is 109 cm³/mol. The van der Waals surface area contributed by atoms with E-state index in [2.05, 4.69) is 4.98 Å². The van der Waals surface area contributed by atoms with Gasteiger partial charge in [0.05, 0.1) is 0 Å². The Bertz CT molecular complexity index is 1020. The van der Waals surface area contributed by atoms with Crippen LogP contribution >= 0.6 is 11.6 Å². The van der Waals surface area contributed by atoms with Crippen molar-refractivity contribution in [3.8, 4) is 5.75 Å². The van der Waals surface area contributed by atoms with Crippen LogP contribution in [-0.4, -0.2) is 30.0 Å². The van der Waals surface area contributed by atoms with Gasteiger partial charge in [-0.1, -0.05) is 43.6 Å². The number of ketones is 1. The molecule has 0 aliphatic heterocycles. The van der Waals surface area contributed by atoms with E-state index in [-0.39, 0.29) is 24.9 Å². The van der Waals surface area contributed by atoms with Crippen LogP contribution in [0.4, 0.5) is 0 Å². The summed E-state index contributed by atoms with van der Waals surface area (Å²) in [6, 6.07) is 11.1. The van der Waals surface area contributed by atoms with Gasteiger partial charge < -0.3 is 14.5 Å². The highest BCUT2D eigenvalue weighted by molar-refractivity contribution is 6.31. The Morgan fingerprint density at radius 3 is 2.64 bits per heavy atom. The van der Waals surface area contributed by atoms with Crippen molar-refractivity contribution in [2.24, 2.45) is 0 Å². The highest BCUT2D eigenvalue weighted by atomic mass is 35.5. The molecule has 5 nitrogen and oxygen atoms in total. The van der Waals surface area contributed by atoms with E-state index in [0.29, 0.717) is 16.3 Å². The average Bonchev–Trinajstić information content (AvgIpc) is 3.10. The number of fused-ring (bicyclic) bond motifs is 1. The number of carbonyl (C=O) groups excluding carboxylic acids is 2. The van der Waals surface area contributed by atoms with Crippen molar-refractivity contribution in [3.05, 3.63) is 64.3 Å². The van der Waals surface area contributed by atoms with Gasteiger partial charge >= 0.3 is 5.97 Å². The van der Waals surface area contributed by atoms with Gasteiger partial charge in [0.15, 0.2) is 13.2 Å². The van der Waals surface area contributed by atoms with Gasteiger partial charge in [0.1, 0.15) is 5.75 Å². The first-order chi connectivity index (χ1) is 13.4. The molecule has 6 heteroatoms. The number of hydrogen-bond donors (Lipinski definition) is 1. The van der Waals surface area contributed by atoms with Crippen molar-refractivity contribution in [2.45, 2.75) is 26.7 Å². The van der Waals surface area contributed by atoms with Gasteiger partial charge in [-0.25, -0.2) is 4.79 Å². The molecule has 2 aromatic carbocycles. The second kappa shape index (κ2) is 8.48. The van der Waals surface area contributed by atoms with E-state index in [1.807, 2.05) is 57.2 Å². The smallest absolute Gasteiger partial charge is 0.344 e. The molecular weight excluding hydrogens is 378 g/mol. The summed E-state index contributed by atoms with van der Waals surface area (Å²) in [5.41, 5.74) is 3.14. The van der Waals surface area contributed by atoms with Crippen molar-refractivity contribution in [2.75, 3.05) is 13.2 Å². The van der Waals surface area contributed by atoms with Crippen LogP contribution in [0.1, 0.15) is 41.3 Å². The molecule has 0 spiro atoms. The number of esters is 1. The lowest BCUT2D eigenvalue weighted by atomic mass is 10.0. The topological polar surface area (TPSA) is 68.4 Å². The van der Waals surface area contributed by atoms with E-state index in [1.165, 1.54) is 0 Å². The highest BCUT2D eigenvalue weighted by Gasteiger charge is 2.16. The number of benzene rings is 2. The number of aryl methyl sites for hydroxylation is 1. The summed E-state index contributed by atoms with van der Waals surface area (Å²) in [5.74, 6) is -0.0871. The summed E-state index contributed by atoms with van der Waals surface area (Å²) in [6.45, 7) is 5.30. The summed E-state index contributed by atoms with van der Waals surface area (Å²) in [7, 11) is 0. The molecule has 0 fully saturated rings. The van der Waals surface area contributed by atoms with Crippen LogP contribution in [0.5, 0.6) is 5.75 Å². The van der Waals surface area contributed by atoms with Crippen LogP contribution < -0.4 is 4.74 Å². The fourth-order valence-electron chi connectivity index (χ4n) is 2.95. The summed E-state index contributed by atoms with van der Waals surface area (Å²) in [6.07, 6.45) is 1.63. The minimum Gasteiger partial charge on any atom is -0.482 e. The molecule has 3 rings (SSSR count). The number of aromatic nitrogens is 1. The van der Waals surface area contributed by atoms with Crippen molar-refractivity contribution < 1.29 is 19.1 Å². The standard InChI is InChI=1S/C22H22ClNO4/c1-13(2)16-9-18(23)14(3)8-21(16)27-12-22(26)28-11-20(25)17-10-24-19-7-5-4-6-15(17)19/h4-10,13,24H,11-12H2,1-3H3. The Kier molecular flexibility index (Phi) is 6.05. The van der Waals surface area contributed by atoms with Gasteiger partial charge in [-0.05, 0) is 42.2 Å². The lowest BCUT2D eigenvalue weighted by molar-refractivity contribution is -0.144.